The highest BCUT2D eigenvalue weighted by Crippen LogP contribution is 2.32. The monoisotopic (exact) mass is 538 g/mol. The fraction of sp³-hybridized carbons (Fsp3) is 0.259. The smallest absolute Gasteiger partial charge is 0.296 e. The second-order valence-corrected chi connectivity index (χ2v) is 9.32. The van der Waals surface area contributed by atoms with Crippen molar-refractivity contribution >= 4 is 40.2 Å². The predicted molar refractivity (Wildman–Crippen MR) is 147 cm³/mol. The number of ether oxygens (including phenoxy) is 2. The minimum absolute atomic E-state index is 0.0425. The number of benzene rings is 1. The van der Waals surface area contributed by atoms with Gasteiger partial charge in [0.2, 0.25) is 5.95 Å². The lowest BCUT2D eigenvalue weighted by Gasteiger charge is -2.13. The van der Waals surface area contributed by atoms with Gasteiger partial charge >= 0.3 is 0 Å². The van der Waals surface area contributed by atoms with Crippen molar-refractivity contribution in [2.45, 2.75) is 32.9 Å². The van der Waals surface area contributed by atoms with Crippen molar-refractivity contribution in [3.63, 3.8) is 0 Å². The molecule has 0 fully saturated rings. The number of methoxy groups -OCH3 is 1. The van der Waals surface area contributed by atoms with E-state index >= 15 is 0 Å². The first-order chi connectivity index (χ1) is 18.2. The molecule has 198 valence electrons. The first-order valence-corrected chi connectivity index (χ1v) is 12.6. The minimum atomic E-state index is -2.98. The molecule has 4 aromatic rings. The Kier molecular flexibility index (Phi) is 8.16. The zero-order chi connectivity index (χ0) is 27.3. The van der Waals surface area contributed by atoms with E-state index < -0.39 is 5.92 Å². The largest absolute Gasteiger partial charge is 0.493 e. The summed E-state index contributed by atoms with van der Waals surface area (Å²) in [5.41, 5.74) is 10.7. The quantitative estimate of drug-likeness (QED) is 0.200. The number of aromatic nitrogens is 4. The number of nitrogens with zero attached hydrogens (tertiary/aromatic N) is 5. The Morgan fingerprint density at radius 3 is 2.74 bits per heavy atom. The van der Waals surface area contributed by atoms with Crippen molar-refractivity contribution in [2.24, 2.45) is 4.99 Å². The first kappa shape index (κ1) is 26.9. The molecule has 4 rings (SSSR count). The number of fused-ring (bicyclic) bond motifs is 1. The Balaban J connectivity index is 1.54. The summed E-state index contributed by atoms with van der Waals surface area (Å²) in [6.45, 7) is 3.22. The van der Waals surface area contributed by atoms with E-state index in [0.717, 1.165) is 35.0 Å². The van der Waals surface area contributed by atoms with Gasteiger partial charge in [-0.25, -0.2) is 15.0 Å². The molecular weight excluding hydrogens is 510 g/mol. The molecule has 0 saturated heterocycles. The zero-order valence-corrected chi connectivity index (χ0v) is 22.3. The number of hydrogen-bond donors (Lipinski definition) is 1. The van der Waals surface area contributed by atoms with Gasteiger partial charge in [-0.05, 0) is 30.7 Å². The number of alkyl halides is 2. The maximum atomic E-state index is 13.5. The number of allylic oxidation sites excluding steroid dienone is 4. The van der Waals surface area contributed by atoms with Gasteiger partial charge < -0.3 is 15.2 Å². The molecule has 0 aliphatic carbocycles. The highest BCUT2D eigenvalue weighted by atomic mass is 32.1. The van der Waals surface area contributed by atoms with E-state index in [4.69, 9.17) is 15.2 Å². The van der Waals surface area contributed by atoms with Crippen LogP contribution in [-0.2, 0) is 19.1 Å². The van der Waals surface area contributed by atoms with Crippen LogP contribution < -0.4 is 15.2 Å². The fourth-order valence-corrected chi connectivity index (χ4v) is 4.48. The highest BCUT2D eigenvalue weighted by Gasteiger charge is 2.28. The van der Waals surface area contributed by atoms with Crippen molar-refractivity contribution in [1.82, 2.24) is 19.5 Å². The maximum Gasteiger partial charge on any atom is 0.296 e. The van der Waals surface area contributed by atoms with Gasteiger partial charge in [-0.15, -0.1) is 11.3 Å². The van der Waals surface area contributed by atoms with E-state index in [-0.39, 0.29) is 11.6 Å². The highest BCUT2D eigenvalue weighted by molar-refractivity contribution is 7.09. The van der Waals surface area contributed by atoms with Crippen LogP contribution in [0.3, 0.4) is 0 Å². The first-order valence-electron chi connectivity index (χ1n) is 11.7. The van der Waals surface area contributed by atoms with Crippen LogP contribution in [0, 0.1) is 0 Å². The Bertz CT molecular complexity index is 1520. The maximum absolute atomic E-state index is 13.5. The number of imidazole rings is 1. The van der Waals surface area contributed by atoms with Gasteiger partial charge in [0, 0.05) is 42.9 Å². The molecular formula is C27H28F2N6O2S. The number of thiazole rings is 1. The lowest BCUT2D eigenvalue weighted by molar-refractivity contribution is 0.0169. The van der Waals surface area contributed by atoms with Crippen molar-refractivity contribution in [3.05, 3.63) is 75.9 Å². The van der Waals surface area contributed by atoms with Crippen LogP contribution in [-0.4, -0.2) is 39.9 Å². The van der Waals surface area contributed by atoms with Gasteiger partial charge in [0.25, 0.3) is 5.92 Å². The van der Waals surface area contributed by atoms with Gasteiger partial charge in [0.15, 0.2) is 22.2 Å². The molecule has 3 aromatic heterocycles. The second kappa shape index (κ2) is 11.5. The van der Waals surface area contributed by atoms with Gasteiger partial charge in [-0.3, -0.25) is 9.56 Å². The molecule has 11 heteroatoms. The number of halogens is 2. The molecule has 0 aliphatic rings. The number of hydrogen-bond acceptors (Lipinski definition) is 8. The standard InChI is InChI=1S/C27H28F2N6O2S/c1-5-6-7-18(12-31-3)19-11-21-24(32-13-19)35(26(30)34-21)14-17-8-9-22(23(10-17)36-4)37-15-20-16-38-25(33-20)27(2,28)29/h5-13,16H,14-15H2,1-4H3,(H2,30,34)/b6-5+,18-7+,31-12?. The molecule has 0 aliphatic heterocycles. The average Bonchev–Trinajstić information content (AvgIpc) is 3.50. The zero-order valence-electron chi connectivity index (χ0n) is 21.5. The second-order valence-electron chi connectivity index (χ2n) is 8.46. The minimum Gasteiger partial charge on any atom is -0.493 e. The van der Waals surface area contributed by atoms with E-state index in [2.05, 4.69) is 19.9 Å². The normalized spacial score (nSPS) is 12.7. The number of rotatable bonds is 10. The molecule has 1 aromatic carbocycles. The molecule has 38 heavy (non-hydrogen) atoms. The summed E-state index contributed by atoms with van der Waals surface area (Å²) in [5.74, 6) is -1.68. The summed E-state index contributed by atoms with van der Waals surface area (Å²) < 4.78 is 40.1. The lowest BCUT2D eigenvalue weighted by Crippen LogP contribution is -2.07. The molecule has 0 unspecified atom stereocenters. The van der Waals surface area contributed by atoms with E-state index in [0.29, 0.717) is 40.8 Å². The van der Waals surface area contributed by atoms with Crippen LogP contribution in [0.25, 0.3) is 16.7 Å². The van der Waals surface area contributed by atoms with Crippen LogP contribution >= 0.6 is 11.3 Å². The van der Waals surface area contributed by atoms with Crippen LogP contribution in [0.5, 0.6) is 11.5 Å². The molecule has 0 amide bonds. The number of nitrogen functional groups attached to an aromatic ring is 1. The number of nitrogens with two attached hydrogens (primary N) is 1. The summed E-state index contributed by atoms with van der Waals surface area (Å²) in [7, 11) is 3.25. The molecule has 0 saturated carbocycles. The number of pyridine rings is 1. The third-order valence-corrected chi connectivity index (χ3v) is 6.62. The fourth-order valence-electron chi connectivity index (χ4n) is 3.73. The predicted octanol–water partition coefficient (Wildman–Crippen LogP) is 5.88. The Morgan fingerprint density at radius 2 is 2.05 bits per heavy atom. The van der Waals surface area contributed by atoms with E-state index in [9.17, 15) is 8.78 Å². The van der Waals surface area contributed by atoms with E-state index in [1.807, 2.05) is 47.9 Å². The third kappa shape index (κ3) is 6.05. The van der Waals surface area contributed by atoms with Crippen molar-refractivity contribution in [3.8, 4) is 11.5 Å². The summed E-state index contributed by atoms with van der Waals surface area (Å²) in [6, 6.07) is 7.40. The van der Waals surface area contributed by atoms with Crippen LogP contribution in [0.4, 0.5) is 14.7 Å². The third-order valence-electron chi connectivity index (χ3n) is 5.56. The SMILES string of the molecule is C/C=C/C=C(\C=NC)c1cnc2c(c1)nc(N)n2Cc1ccc(OCc2csc(C(C)(F)F)n2)c(OC)c1. The summed E-state index contributed by atoms with van der Waals surface area (Å²) >= 11 is 0.905. The van der Waals surface area contributed by atoms with Crippen molar-refractivity contribution in [2.75, 3.05) is 19.9 Å². The molecule has 3 heterocycles. The van der Waals surface area contributed by atoms with Gasteiger partial charge in [-0.2, -0.15) is 8.78 Å². The van der Waals surface area contributed by atoms with Crippen LogP contribution in [0.2, 0.25) is 0 Å². The summed E-state index contributed by atoms with van der Waals surface area (Å²) in [6.07, 6.45) is 9.37. The summed E-state index contributed by atoms with van der Waals surface area (Å²) in [4.78, 5) is 17.2. The number of anilines is 1. The van der Waals surface area contributed by atoms with Crippen LogP contribution in [0.1, 0.15) is 35.7 Å². The molecule has 2 N–H and O–H groups in total. The Morgan fingerprint density at radius 1 is 1.24 bits per heavy atom. The topological polar surface area (TPSA) is 100 Å². The lowest BCUT2D eigenvalue weighted by atomic mass is 10.1. The Labute approximate surface area is 223 Å². The molecule has 0 bridgehead atoms. The molecule has 8 nitrogen and oxygen atoms in total. The number of aliphatic imine (C=N–C) groups is 1. The van der Waals surface area contributed by atoms with Crippen molar-refractivity contribution in [1.29, 1.82) is 0 Å². The van der Waals surface area contributed by atoms with Crippen molar-refractivity contribution < 1.29 is 18.3 Å². The van der Waals surface area contributed by atoms with E-state index in [1.54, 1.807) is 30.9 Å². The molecule has 0 atom stereocenters. The average molecular weight is 539 g/mol. The van der Waals surface area contributed by atoms with Gasteiger partial charge in [0.1, 0.15) is 12.1 Å². The van der Waals surface area contributed by atoms with E-state index in [1.165, 1.54) is 7.11 Å². The van der Waals surface area contributed by atoms with Gasteiger partial charge in [-0.1, -0.05) is 24.3 Å². The Hall–Kier alpha value is -4.12. The summed E-state index contributed by atoms with van der Waals surface area (Å²) in [5, 5.41) is 1.32. The molecule has 0 radical (unpaired) electrons. The van der Waals surface area contributed by atoms with Crippen LogP contribution in [0.15, 0.2) is 59.1 Å². The molecule has 0 spiro atoms. The van der Waals surface area contributed by atoms with Gasteiger partial charge in [0.05, 0.1) is 19.3 Å².